The summed E-state index contributed by atoms with van der Waals surface area (Å²) in [7, 11) is 0. The zero-order valence-electron chi connectivity index (χ0n) is 16.5. The van der Waals surface area contributed by atoms with Gasteiger partial charge in [-0.25, -0.2) is 0 Å². The number of halogens is 1. The summed E-state index contributed by atoms with van der Waals surface area (Å²) >= 11 is 3.58. The first kappa shape index (κ1) is 19.4. The summed E-state index contributed by atoms with van der Waals surface area (Å²) in [5.41, 5.74) is 4.93. The molecular weight excluding hydrogens is 428 g/mol. The largest absolute Gasteiger partial charge is 0.455 e. The van der Waals surface area contributed by atoms with Crippen LogP contribution in [0.3, 0.4) is 0 Å². The summed E-state index contributed by atoms with van der Waals surface area (Å²) in [5, 5.41) is 4.12. The molecule has 5 heteroatoms. The Labute approximate surface area is 177 Å². The summed E-state index contributed by atoms with van der Waals surface area (Å²) in [4.78, 5) is 17.3. The molecular formula is C24H21BrN2O2. The fourth-order valence-corrected chi connectivity index (χ4v) is 3.95. The smallest absolute Gasteiger partial charge is 0.196 e. The topological polar surface area (TPSA) is 55.1 Å². The molecule has 146 valence electrons. The SMILES string of the molecule is Cc1cc([C@@H](C)Nc2ccccc2Br)c2oc(-c3cccnc3)c(C)c(=O)c2c1. The minimum absolute atomic E-state index is 0.0110. The molecule has 0 spiro atoms. The third kappa shape index (κ3) is 3.70. The summed E-state index contributed by atoms with van der Waals surface area (Å²) in [5.74, 6) is 0.564. The predicted octanol–water partition coefficient (Wildman–Crippen LogP) is 6.41. The van der Waals surface area contributed by atoms with E-state index in [2.05, 4.69) is 39.2 Å². The number of pyridine rings is 1. The van der Waals surface area contributed by atoms with Gasteiger partial charge in [-0.3, -0.25) is 9.78 Å². The van der Waals surface area contributed by atoms with E-state index in [4.69, 9.17) is 4.42 Å². The molecule has 29 heavy (non-hydrogen) atoms. The van der Waals surface area contributed by atoms with Crippen molar-refractivity contribution in [1.29, 1.82) is 0 Å². The summed E-state index contributed by atoms with van der Waals surface area (Å²) in [6.07, 6.45) is 3.42. The van der Waals surface area contributed by atoms with Crippen LogP contribution in [0.1, 0.15) is 29.7 Å². The highest BCUT2D eigenvalue weighted by Gasteiger charge is 2.19. The number of rotatable bonds is 4. The molecule has 0 aliphatic carbocycles. The second-order valence-electron chi connectivity index (χ2n) is 7.20. The maximum Gasteiger partial charge on any atom is 0.196 e. The highest BCUT2D eigenvalue weighted by molar-refractivity contribution is 9.10. The normalized spacial score (nSPS) is 12.1. The number of anilines is 1. The number of benzene rings is 2. The van der Waals surface area contributed by atoms with Crippen molar-refractivity contribution in [2.75, 3.05) is 5.32 Å². The first-order valence-electron chi connectivity index (χ1n) is 9.45. The van der Waals surface area contributed by atoms with E-state index in [1.165, 1.54) is 0 Å². The number of hydrogen-bond acceptors (Lipinski definition) is 4. The summed E-state index contributed by atoms with van der Waals surface area (Å²) in [6.45, 7) is 5.87. The van der Waals surface area contributed by atoms with Crippen LogP contribution >= 0.6 is 15.9 Å². The first-order valence-corrected chi connectivity index (χ1v) is 10.2. The van der Waals surface area contributed by atoms with Crippen molar-refractivity contribution in [3.8, 4) is 11.3 Å². The van der Waals surface area contributed by atoms with E-state index in [1.54, 1.807) is 19.3 Å². The van der Waals surface area contributed by atoms with E-state index in [-0.39, 0.29) is 11.5 Å². The minimum atomic E-state index is -0.0660. The van der Waals surface area contributed by atoms with Crippen molar-refractivity contribution in [2.24, 2.45) is 0 Å². The van der Waals surface area contributed by atoms with Crippen molar-refractivity contribution >= 4 is 32.6 Å². The average Bonchev–Trinajstić information content (AvgIpc) is 2.72. The van der Waals surface area contributed by atoms with E-state index in [0.29, 0.717) is 22.3 Å². The standard InChI is InChI=1S/C24H21BrN2O2/c1-14-11-18(16(3)27-21-9-5-4-8-20(21)25)24-19(12-14)22(28)15(2)23(29-24)17-7-6-10-26-13-17/h4-13,16,27H,1-3H3/t16-/m1/s1. The molecule has 0 bridgehead atoms. The maximum absolute atomic E-state index is 13.2. The molecule has 0 saturated carbocycles. The van der Waals surface area contributed by atoms with Crippen molar-refractivity contribution < 1.29 is 4.42 Å². The third-order valence-corrected chi connectivity index (χ3v) is 5.72. The zero-order chi connectivity index (χ0) is 20.5. The van der Waals surface area contributed by atoms with Gasteiger partial charge in [0, 0.05) is 39.2 Å². The van der Waals surface area contributed by atoms with Crippen LogP contribution in [0.15, 0.2) is 74.6 Å². The van der Waals surface area contributed by atoms with Gasteiger partial charge in [0.05, 0.1) is 11.4 Å². The second kappa shape index (κ2) is 7.84. The van der Waals surface area contributed by atoms with Gasteiger partial charge < -0.3 is 9.73 Å². The van der Waals surface area contributed by atoms with Gasteiger partial charge in [0.2, 0.25) is 0 Å². The Morgan fingerprint density at radius 1 is 1.10 bits per heavy atom. The summed E-state index contributed by atoms with van der Waals surface area (Å²) in [6, 6.07) is 15.6. The van der Waals surface area contributed by atoms with E-state index >= 15 is 0 Å². The Kier molecular flexibility index (Phi) is 5.24. The van der Waals surface area contributed by atoms with Gasteiger partial charge in [0.1, 0.15) is 11.3 Å². The number of para-hydroxylation sites is 1. The fraction of sp³-hybridized carbons (Fsp3) is 0.167. The zero-order valence-corrected chi connectivity index (χ0v) is 18.1. The number of aromatic nitrogens is 1. The van der Waals surface area contributed by atoms with Crippen molar-refractivity contribution in [3.05, 3.63) is 92.3 Å². The van der Waals surface area contributed by atoms with Crippen LogP contribution in [0.4, 0.5) is 5.69 Å². The highest BCUT2D eigenvalue weighted by Crippen LogP contribution is 2.33. The van der Waals surface area contributed by atoms with Crippen LogP contribution in [-0.4, -0.2) is 4.98 Å². The van der Waals surface area contributed by atoms with E-state index in [1.807, 2.05) is 49.4 Å². The Morgan fingerprint density at radius 2 is 1.90 bits per heavy atom. The molecule has 0 amide bonds. The number of fused-ring (bicyclic) bond motifs is 1. The Balaban J connectivity index is 1.91. The molecule has 4 aromatic rings. The molecule has 2 aromatic heterocycles. The molecule has 2 aromatic carbocycles. The molecule has 4 nitrogen and oxygen atoms in total. The van der Waals surface area contributed by atoms with E-state index in [0.717, 1.165) is 26.9 Å². The van der Waals surface area contributed by atoms with Crippen molar-refractivity contribution in [1.82, 2.24) is 4.98 Å². The third-order valence-electron chi connectivity index (χ3n) is 5.03. The molecule has 0 fully saturated rings. The van der Waals surface area contributed by atoms with Crippen LogP contribution in [0.25, 0.3) is 22.3 Å². The maximum atomic E-state index is 13.2. The van der Waals surface area contributed by atoms with Crippen LogP contribution in [0.2, 0.25) is 0 Å². The molecule has 1 atom stereocenters. The molecule has 2 heterocycles. The molecule has 0 unspecified atom stereocenters. The van der Waals surface area contributed by atoms with Gasteiger partial charge in [-0.15, -0.1) is 0 Å². The fourth-order valence-electron chi connectivity index (χ4n) is 3.55. The van der Waals surface area contributed by atoms with Crippen LogP contribution in [0, 0.1) is 13.8 Å². The molecule has 1 N–H and O–H groups in total. The number of nitrogens with zero attached hydrogens (tertiary/aromatic N) is 1. The predicted molar refractivity (Wildman–Crippen MR) is 121 cm³/mol. The van der Waals surface area contributed by atoms with Crippen LogP contribution < -0.4 is 10.7 Å². The first-order chi connectivity index (χ1) is 14.0. The van der Waals surface area contributed by atoms with Gasteiger partial charge >= 0.3 is 0 Å². The van der Waals surface area contributed by atoms with Gasteiger partial charge in [-0.05, 0) is 72.6 Å². The Hall–Kier alpha value is -2.92. The lowest BCUT2D eigenvalue weighted by Gasteiger charge is -2.19. The van der Waals surface area contributed by atoms with Crippen molar-refractivity contribution in [3.63, 3.8) is 0 Å². The van der Waals surface area contributed by atoms with Gasteiger partial charge in [-0.1, -0.05) is 18.2 Å². The minimum Gasteiger partial charge on any atom is -0.455 e. The molecule has 0 aliphatic heterocycles. The van der Waals surface area contributed by atoms with Crippen LogP contribution in [-0.2, 0) is 0 Å². The molecule has 0 aliphatic rings. The quantitative estimate of drug-likeness (QED) is 0.391. The lowest BCUT2D eigenvalue weighted by molar-refractivity contribution is 0.605. The Bertz CT molecular complexity index is 1250. The number of nitrogens with one attached hydrogen (secondary N) is 1. The van der Waals surface area contributed by atoms with Gasteiger partial charge in [0.15, 0.2) is 5.43 Å². The molecule has 0 radical (unpaired) electrons. The highest BCUT2D eigenvalue weighted by atomic mass is 79.9. The van der Waals surface area contributed by atoms with E-state index < -0.39 is 0 Å². The summed E-state index contributed by atoms with van der Waals surface area (Å²) < 4.78 is 7.33. The monoisotopic (exact) mass is 448 g/mol. The van der Waals surface area contributed by atoms with E-state index in [9.17, 15) is 4.79 Å². The van der Waals surface area contributed by atoms with Gasteiger partial charge in [0.25, 0.3) is 0 Å². The lowest BCUT2D eigenvalue weighted by atomic mass is 9.99. The van der Waals surface area contributed by atoms with Crippen LogP contribution in [0.5, 0.6) is 0 Å². The van der Waals surface area contributed by atoms with Gasteiger partial charge in [-0.2, -0.15) is 0 Å². The van der Waals surface area contributed by atoms with Crippen molar-refractivity contribution in [2.45, 2.75) is 26.8 Å². The average molecular weight is 449 g/mol. The lowest BCUT2D eigenvalue weighted by Crippen LogP contribution is -2.12. The second-order valence-corrected chi connectivity index (χ2v) is 8.06. The number of hydrogen-bond donors (Lipinski definition) is 1. The molecule has 0 saturated heterocycles. The Morgan fingerprint density at radius 3 is 2.62 bits per heavy atom. The molecule has 4 rings (SSSR count). The number of aryl methyl sites for hydroxylation is 1.